The van der Waals surface area contributed by atoms with E-state index in [1.165, 1.54) is 15.4 Å². The molecule has 3 heterocycles. The molecule has 0 N–H and O–H groups in total. The van der Waals surface area contributed by atoms with Gasteiger partial charge in [-0.2, -0.15) is 9.36 Å². The first-order valence-corrected chi connectivity index (χ1v) is 10.3. The van der Waals surface area contributed by atoms with Gasteiger partial charge in [-0.15, -0.1) is 0 Å². The highest BCUT2D eigenvalue weighted by Crippen LogP contribution is 2.35. The molecule has 0 unspecified atom stereocenters. The summed E-state index contributed by atoms with van der Waals surface area (Å²) in [6, 6.07) is 8.32. The van der Waals surface area contributed by atoms with Gasteiger partial charge in [0.2, 0.25) is 4.77 Å². The van der Waals surface area contributed by atoms with Crippen LogP contribution < -0.4 is 0 Å². The van der Waals surface area contributed by atoms with Gasteiger partial charge in [-0.1, -0.05) is 26.0 Å². The van der Waals surface area contributed by atoms with E-state index in [9.17, 15) is 13.2 Å². The SMILES string of the molecule is CC(C)c1cccc2c1C(=O)N(Cn1nnn(-c3cccnc3)c1=S)S2(=O)=O. The summed E-state index contributed by atoms with van der Waals surface area (Å²) in [5.74, 6) is -0.584. The fourth-order valence-corrected chi connectivity index (χ4v) is 4.85. The number of amides is 1. The number of aromatic nitrogens is 5. The van der Waals surface area contributed by atoms with Crippen LogP contribution in [-0.4, -0.2) is 43.4 Å². The first-order chi connectivity index (χ1) is 13.3. The van der Waals surface area contributed by atoms with Gasteiger partial charge in [-0.05, 0) is 52.3 Å². The first kappa shape index (κ1) is 18.4. The van der Waals surface area contributed by atoms with E-state index in [2.05, 4.69) is 15.4 Å². The average Bonchev–Trinajstić information content (AvgIpc) is 3.13. The van der Waals surface area contributed by atoms with Crippen LogP contribution in [0.25, 0.3) is 5.69 Å². The molecule has 0 saturated heterocycles. The molecule has 0 fully saturated rings. The number of carbonyl (C=O) groups is 1. The Morgan fingerprint density at radius 1 is 1.14 bits per heavy atom. The quantitative estimate of drug-likeness (QED) is 0.600. The van der Waals surface area contributed by atoms with E-state index in [0.717, 1.165) is 4.31 Å². The minimum atomic E-state index is -3.99. The molecule has 0 radical (unpaired) electrons. The summed E-state index contributed by atoms with van der Waals surface area (Å²) in [5.41, 5.74) is 1.49. The van der Waals surface area contributed by atoms with Gasteiger partial charge in [-0.3, -0.25) is 9.78 Å². The van der Waals surface area contributed by atoms with E-state index in [4.69, 9.17) is 12.2 Å². The third-order valence-corrected chi connectivity index (χ3v) is 6.62. The highest BCUT2D eigenvalue weighted by atomic mass is 32.2. The zero-order valence-corrected chi connectivity index (χ0v) is 16.7. The standard InChI is InChI=1S/C17H16N6O3S2/c1-11(2)13-6-3-7-14-15(13)16(24)22(28(14,25)26)10-21-17(27)23(20-19-21)12-5-4-8-18-9-12/h3-9,11H,10H2,1-2H3. The van der Waals surface area contributed by atoms with Crippen molar-refractivity contribution >= 4 is 28.1 Å². The zero-order valence-electron chi connectivity index (χ0n) is 15.1. The Morgan fingerprint density at radius 2 is 1.93 bits per heavy atom. The van der Waals surface area contributed by atoms with Crippen LogP contribution in [0.2, 0.25) is 0 Å². The van der Waals surface area contributed by atoms with Gasteiger partial charge in [-0.25, -0.2) is 12.7 Å². The number of carbonyl (C=O) groups excluding carboxylic acids is 1. The molecule has 1 aliphatic heterocycles. The van der Waals surface area contributed by atoms with Crippen molar-refractivity contribution in [3.63, 3.8) is 0 Å². The van der Waals surface area contributed by atoms with Crippen LogP contribution in [-0.2, 0) is 16.7 Å². The second-order valence-corrected chi connectivity index (χ2v) is 8.76. The largest absolute Gasteiger partial charge is 0.270 e. The Balaban J connectivity index is 1.75. The van der Waals surface area contributed by atoms with Crippen LogP contribution in [0.5, 0.6) is 0 Å². The van der Waals surface area contributed by atoms with Crippen molar-refractivity contribution in [1.29, 1.82) is 0 Å². The van der Waals surface area contributed by atoms with Crippen LogP contribution in [0.4, 0.5) is 0 Å². The molecular weight excluding hydrogens is 400 g/mol. The lowest BCUT2D eigenvalue weighted by Gasteiger charge is -2.14. The van der Waals surface area contributed by atoms with E-state index in [1.807, 2.05) is 13.8 Å². The maximum Gasteiger partial charge on any atom is 0.270 e. The minimum Gasteiger partial charge on any atom is -0.268 e. The number of tetrazole rings is 1. The van der Waals surface area contributed by atoms with Crippen molar-refractivity contribution in [2.75, 3.05) is 0 Å². The van der Waals surface area contributed by atoms with Gasteiger partial charge in [0.05, 0.1) is 17.4 Å². The summed E-state index contributed by atoms with van der Waals surface area (Å²) in [6.45, 7) is 3.47. The van der Waals surface area contributed by atoms with Crippen molar-refractivity contribution in [3.8, 4) is 5.69 Å². The molecule has 11 heteroatoms. The van der Waals surface area contributed by atoms with Crippen molar-refractivity contribution in [2.45, 2.75) is 31.3 Å². The van der Waals surface area contributed by atoms with Crippen molar-refractivity contribution in [3.05, 3.63) is 58.6 Å². The lowest BCUT2D eigenvalue weighted by atomic mass is 9.97. The monoisotopic (exact) mass is 416 g/mol. The minimum absolute atomic E-state index is 0.00247. The van der Waals surface area contributed by atoms with Crippen LogP contribution in [0.1, 0.15) is 35.7 Å². The van der Waals surface area contributed by atoms with Gasteiger partial charge in [0.15, 0.2) is 0 Å². The molecule has 4 rings (SSSR count). The molecule has 28 heavy (non-hydrogen) atoms. The number of benzene rings is 1. The Morgan fingerprint density at radius 3 is 2.61 bits per heavy atom. The molecule has 0 spiro atoms. The maximum atomic E-state index is 13.0. The Hall–Kier alpha value is -2.92. The average molecular weight is 416 g/mol. The molecule has 1 amide bonds. The lowest BCUT2D eigenvalue weighted by molar-refractivity contribution is 0.0837. The number of sulfonamides is 1. The third-order valence-electron chi connectivity index (χ3n) is 4.48. The molecule has 2 aromatic heterocycles. The van der Waals surface area contributed by atoms with E-state index in [1.54, 1.807) is 36.7 Å². The number of fused-ring (bicyclic) bond motifs is 1. The molecule has 1 aromatic carbocycles. The number of pyridine rings is 1. The van der Waals surface area contributed by atoms with Gasteiger partial charge < -0.3 is 0 Å². The van der Waals surface area contributed by atoms with E-state index >= 15 is 0 Å². The van der Waals surface area contributed by atoms with Crippen molar-refractivity contribution in [2.24, 2.45) is 0 Å². The summed E-state index contributed by atoms with van der Waals surface area (Å²) < 4.78 is 29.4. The molecule has 1 aliphatic rings. The topological polar surface area (TPSA) is 103 Å². The highest BCUT2D eigenvalue weighted by molar-refractivity contribution is 7.90. The molecule has 144 valence electrons. The summed E-state index contributed by atoms with van der Waals surface area (Å²) >= 11 is 5.35. The Bertz CT molecular complexity index is 1230. The molecule has 0 saturated carbocycles. The van der Waals surface area contributed by atoms with E-state index in [-0.39, 0.29) is 27.8 Å². The number of hydrogen-bond donors (Lipinski definition) is 0. The fourth-order valence-electron chi connectivity index (χ4n) is 3.09. The lowest BCUT2D eigenvalue weighted by Crippen LogP contribution is -2.33. The van der Waals surface area contributed by atoms with Crippen LogP contribution in [0.3, 0.4) is 0 Å². The number of rotatable bonds is 4. The smallest absolute Gasteiger partial charge is 0.268 e. The van der Waals surface area contributed by atoms with Crippen LogP contribution >= 0.6 is 12.2 Å². The van der Waals surface area contributed by atoms with E-state index < -0.39 is 15.9 Å². The predicted molar refractivity (Wildman–Crippen MR) is 102 cm³/mol. The second kappa shape index (κ2) is 6.60. The maximum absolute atomic E-state index is 13.0. The molecular formula is C17H16N6O3S2. The third kappa shape index (κ3) is 2.74. The second-order valence-electron chi connectivity index (χ2n) is 6.56. The summed E-state index contributed by atoms with van der Waals surface area (Å²) in [4.78, 5) is 17.0. The van der Waals surface area contributed by atoms with Crippen molar-refractivity contribution < 1.29 is 13.2 Å². The molecule has 0 atom stereocenters. The van der Waals surface area contributed by atoms with Gasteiger partial charge in [0.25, 0.3) is 15.9 Å². The molecule has 3 aromatic rings. The van der Waals surface area contributed by atoms with Crippen LogP contribution in [0.15, 0.2) is 47.6 Å². The predicted octanol–water partition coefficient (Wildman–Crippen LogP) is 2.12. The Labute approximate surface area is 166 Å². The summed E-state index contributed by atoms with van der Waals surface area (Å²) in [6.07, 6.45) is 3.16. The summed E-state index contributed by atoms with van der Waals surface area (Å²) in [7, 11) is -3.99. The Kier molecular flexibility index (Phi) is 4.35. The van der Waals surface area contributed by atoms with Crippen molar-refractivity contribution in [1.82, 2.24) is 29.1 Å². The van der Waals surface area contributed by atoms with E-state index in [0.29, 0.717) is 11.3 Å². The highest BCUT2D eigenvalue weighted by Gasteiger charge is 2.43. The molecule has 9 nitrogen and oxygen atoms in total. The zero-order chi connectivity index (χ0) is 20.1. The normalized spacial score (nSPS) is 15.2. The van der Waals surface area contributed by atoms with Crippen LogP contribution in [0, 0.1) is 4.77 Å². The van der Waals surface area contributed by atoms with Gasteiger partial charge in [0.1, 0.15) is 11.6 Å². The fraction of sp³-hybridized carbons (Fsp3) is 0.235. The number of hydrogen-bond acceptors (Lipinski definition) is 7. The number of nitrogens with zero attached hydrogens (tertiary/aromatic N) is 6. The van der Waals surface area contributed by atoms with Gasteiger partial charge >= 0.3 is 0 Å². The first-order valence-electron chi connectivity index (χ1n) is 8.45. The molecule has 0 bridgehead atoms. The van der Waals surface area contributed by atoms with Gasteiger partial charge in [0, 0.05) is 6.20 Å². The molecule has 0 aliphatic carbocycles. The summed E-state index contributed by atoms with van der Waals surface area (Å²) in [5, 5.41) is 7.86.